The molecular formula is C17H25IN4S2. The van der Waals surface area contributed by atoms with Crippen LogP contribution in [0.5, 0.6) is 0 Å². The number of aliphatic imine (C=N–C) groups is 1. The first-order valence-corrected chi connectivity index (χ1v) is 9.78. The number of hydrogen-bond donors (Lipinski definition) is 2. The van der Waals surface area contributed by atoms with Crippen molar-refractivity contribution in [2.45, 2.75) is 30.6 Å². The quantitative estimate of drug-likeness (QED) is 0.193. The smallest absolute Gasteiger partial charge is 0.191 e. The molecule has 0 spiro atoms. The van der Waals surface area contributed by atoms with Crippen molar-refractivity contribution in [3.8, 4) is 0 Å². The first kappa shape index (κ1) is 21.2. The molecule has 7 heteroatoms. The van der Waals surface area contributed by atoms with E-state index in [1.807, 2.05) is 17.6 Å². The molecule has 24 heavy (non-hydrogen) atoms. The third kappa shape index (κ3) is 7.85. The summed E-state index contributed by atoms with van der Waals surface area (Å²) in [5, 5.41) is 8.78. The molecule has 1 atom stereocenters. The Labute approximate surface area is 170 Å². The molecule has 0 aliphatic carbocycles. The van der Waals surface area contributed by atoms with Gasteiger partial charge in [-0.25, -0.2) is 4.98 Å². The molecule has 0 saturated carbocycles. The fraction of sp³-hybridized carbons (Fsp3) is 0.412. The highest BCUT2D eigenvalue weighted by molar-refractivity contribution is 14.0. The van der Waals surface area contributed by atoms with Crippen LogP contribution in [0.25, 0.3) is 0 Å². The molecule has 1 aromatic heterocycles. The van der Waals surface area contributed by atoms with Crippen LogP contribution in [0.3, 0.4) is 0 Å². The Morgan fingerprint density at radius 2 is 2.12 bits per heavy atom. The van der Waals surface area contributed by atoms with E-state index in [0.29, 0.717) is 0 Å². The average molecular weight is 476 g/mol. The number of nitrogens with one attached hydrogen (secondary N) is 2. The molecule has 2 rings (SSSR count). The summed E-state index contributed by atoms with van der Waals surface area (Å²) in [6, 6.07) is 10.7. The maximum atomic E-state index is 4.66. The van der Waals surface area contributed by atoms with Crippen LogP contribution in [0.2, 0.25) is 0 Å². The van der Waals surface area contributed by atoms with Crippen molar-refractivity contribution in [2.75, 3.05) is 18.8 Å². The summed E-state index contributed by atoms with van der Waals surface area (Å²) >= 11 is 3.49. The number of thioether (sulfide) groups is 1. The normalized spacial score (nSPS) is 12.3. The van der Waals surface area contributed by atoms with Crippen molar-refractivity contribution in [1.82, 2.24) is 15.6 Å². The second-order valence-electron chi connectivity index (χ2n) is 5.04. The lowest BCUT2D eigenvalue weighted by Gasteiger charge is -2.18. The molecule has 0 aliphatic heterocycles. The van der Waals surface area contributed by atoms with Crippen LogP contribution >= 0.6 is 47.1 Å². The molecule has 0 bridgehead atoms. The van der Waals surface area contributed by atoms with Crippen molar-refractivity contribution in [1.29, 1.82) is 0 Å². The third-order valence-electron chi connectivity index (χ3n) is 3.20. The van der Waals surface area contributed by atoms with Gasteiger partial charge in [0.05, 0.1) is 6.04 Å². The summed E-state index contributed by atoms with van der Waals surface area (Å²) in [5.41, 5.74) is 1.26. The van der Waals surface area contributed by atoms with Gasteiger partial charge >= 0.3 is 0 Å². The molecule has 2 aromatic rings. The van der Waals surface area contributed by atoms with Gasteiger partial charge < -0.3 is 10.6 Å². The maximum absolute atomic E-state index is 4.66. The highest BCUT2D eigenvalue weighted by Crippen LogP contribution is 2.20. The van der Waals surface area contributed by atoms with E-state index in [9.17, 15) is 0 Å². The minimum absolute atomic E-state index is 0. The first-order valence-electron chi connectivity index (χ1n) is 7.91. The largest absolute Gasteiger partial charge is 0.357 e. The minimum Gasteiger partial charge on any atom is -0.357 e. The summed E-state index contributed by atoms with van der Waals surface area (Å²) in [5.74, 6) is 1.92. The summed E-state index contributed by atoms with van der Waals surface area (Å²) in [6.45, 7) is 5.92. The highest BCUT2D eigenvalue weighted by Gasteiger charge is 2.06. The van der Waals surface area contributed by atoms with E-state index in [-0.39, 0.29) is 30.0 Å². The first-order chi connectivity index (χ1) is 11.3. The minimum atomic E-state index is 0. The number of halogens is 1. The maximum Gasteiger partial charge on any atom is 0.191 e. The predicted molar refractivity (Wildman–Crippen MR) is 117 cm³/mol. The molecule has 0 radical (unpaired) electrons. The van der Waals surface area contributed by atoms with E-state index < -0.39 is 0 Å². The Bertz CT molecular complexity index is 576. The van der Waals surface area contributed by atoms with Crippen molar-refractivity contribution >= 4 is 53.0 Å². The lowest BCUT2D eigenvalue weighted by Crippen LogP contribution is -2.38. The molecule has 132 valence electrons. The number of thiazole rings is 1. The van der Waals surface area contributed by atoms with Crippen molar-refractivity contribution in [2.24, 2.45) is 4.99 Å². The van der Waals surface area contributed by atoms with Gasteiger partial charge in [0, 0.05) is 30.4 Å². The van der Waals surface area contributed by atoms with Gasteiger partial charge in [-0.05, 0) is 25.8 Å². The Kier molecular flexibility index (Phi) is 11.1. The molecule has 1 heterocycles. The van der Waals surface area contributed by atoms with Crippen LogP contribution in [0.1, 0.15) is 31.9 Å². The summed E-state index contributed by atoms with van der Waals surface area (Å²) in [7, 11) is 0. The second-order valence-corrected chi connectivity index (χ2v) is 7.27. The van der Waals surface area contributed by atoms with Crippen molar-refractivity contribution in [3.05, 3.63) is 47.5 Å². The molecular weight excluding hydrogens is 451 g/mol. The van der Waals surface area contributed by atoms with Crippen molar-refractivity contribution < 1.29 is 0 Å². The fourth-order valence-electron chi connectivity index (χ4n) is 2.05. The van der Waals surface area contributed by atoms with E-state index in [1.165, 1.54) is 5.56 Å². The Balaban J connectivity index is 0.00000288. The zero-order valence-corrected chi connectivity index (χ0v) is 18.0. The predicted octanol–water partition coefficient (Wildman–Crippen LogP) is 4.56. The average Bonchev–Trinajstić information content (AvgIpc) is 3.09. The SMILES string of the molecule is CCNC(=NCCCSc1nccs1)NC(C)c1ccccc1.I. The van der Waals surface area contributed by atoms with Crippen LogP contribution in [0, 0.1) is 0 Å². The van der Waals surface area contributed by atoms with Gasteiger partial charge in [0.25, 0.3) is 0 Å². The monoisotopic (exact) mass is 476 g/mol. The van der Waals surface area contributed by atoms with Crippen LogP contribution in [0.15, 0.2) is 51.2 Å². The van der Waals surface area contributed by atoms with Gasteiger partial charge in [0.1, 0.15) is 4.34 Å². The van der Waals surface area contributed by atoms with Crippen LogP contribution in [-0.2, 0) is 0 Å². The molecule has 0 saturated heterocycles. The highest BCUT2D eigenvalue weighted by atomic mass is 127. The fourth-order valence-corrected chi connectivity index (χ4v) is 3.68. The lowest BCUT2D eigenvalue weighted by atomic mass is 10.1. The van der Waals surface area contributed by atoms with Gasteiger partial charge in [0.2, 0.25) is 0 Å². The van der Waals surface area contributed by atoms with E-state index >= 15 is 0 Å². The molecule has 4 nitrogen and oxygen atoms in total. The molecule has 0 aliphatic rings. The van der Waals surface area contributed by atoms with Gasteiger partial charge in [-0.1, -0.05) is 42.1 Å². The third-order valence-corrected chi connectivity index (χ3v) is 5.26. The van der Waals surface area contributed by atoms with E-state index in [1.54, 1.807) is 23.1 Å². The molecule has 2 N–H and O–H groups in total. The molecule has 1 unspecified atom stereocenters. The van der Waals surface area contributed by atoms with Crippen molar-refractivity contribution in [3.63, 3.8) is 0 Å². The number of benzene rings is 1. The lowest BCUT2D eigenvalue weighted by molar-refractivity contribution is 0.685. The zero-order valence-electron chi connectivity index (χ0n) is 14.1. The number of rotatable bonds is 8. The molecule has 0 fully saturated rings. The molecule has 0 amide bonds. The number of guanidine groups is 1. The Hall–Kier alpha value is -0.800. The standard InChI is InChI=1S/C17H24N4S2.HI/c1-3-18-16(21-14(2)15-8-5-4-6-9-15)19-10-7-12-22-17-20-11-13-23-17;/h4-6,8-9,11,13-14H,3,7,10,12H2,1-2H3,(H2,18,19,21);1H. The second kappa shape index (κ2) is 12.5. The van der Waals surface area contributed by atoms with E-state index in [2.05, 4.69) is 58.7 Å². The number of hydrogen-bond acceptors (Lipinski definition) is 4. The van der Waals surface area contributed by atoms with Gasteiger partial charge in [-0.2, -0.15) is 0 Å². The van der Waals surface area contributed by atoms with Crippen LogP contribution < -0.4 is 10.6 Å². The van der Waals surface area contributed by atoms with Gasteiger partial charge in [-0.3, -0.25) is 4.99 Å². The van der Waals surface area contributed by atoms with Gasteiger partial charge in [0.15, 0.2) is 5.96 Å². The Morgan fingerprint density at radius 1 is 1.33 bits per heavy atom. The molecule has 1 aromatic carbocycles. The van der Waals surface area contributed by atoms with Gasteiger partial charge in [-0.15, -0.1) is 35.3 Å². The van der Waals surface area contributed by atoms with Crippen LogP contribution in [0.4, 0.5) is 0 Å². The summed E-state index contributed by atoms with van der Waals surface area (Å²) in [6.07, 6.45) is 2.89. The van der Waals surface area contributed by atoms with E-state index in [0.717, 1.165) is 35.6 Å². The van der Waals surface area contributed by atoms with Crippen LogP contribution in [-0.4, -0.2) is 29.8 Å². The van der Waals surface area contributed by atoms with E-state index in [4.69, 9.17) is 0 Å². The summed E-state index contributed by atoms with van der Waals surface area (Å²) < 4.78 is 1.14. The number of nitrogens with zero attached hydrogens (tertiary/aromatic N) is 2. The Morgan fingerprint density at radius 3 is 2.79 bits per heavy atom. The number of aromatic nitrogens is 1. The zero-order chi connectivity index (χ0) is 16.3. The summed E-state index contributed by atoms with van der Waals surface area (Å²) in [4.78, 5) is 8.93. The topological polar surface area (TPSA) is 49.3 Å².